The summed E-state index contributed by atoms with van der Waals surface area (Å²) in [6, 6.07) is 10.0. The van der Waals surface area contributed by atoms with Crippen LogP contribution in [0.4, 0.5) is 0 Å². The van der Waals surface area contributed by atoms with Crippen molar-refractivity contribution in [2.75, 3.05) is 13.2 Å². The molecule has 1 aromatic carbocycles. The van der Waals surface area contributed by atoms with Crippen LogP contribution in [0.1, 0.15) is 44.2 Å². The summed E-state index contributed by atoms with van der Waals surface area (Å²) in [7, 11) is 0. The van der Waals surface area contributed by atoms with Gasteiger partial charge in [0, 0.05) is 19.1 Å². The molecule has 5 nitrogen and oxygen atoms in total. The number of nitrogens with zero attached hydrogens (tertiary/aromatic N) is 1. The fraction of sp³-hybridized carbons (Fsp3) is 0.562. The summed E-state index contributed by atoms with van der Waals surface area (Å²) in [6.07, 6.45) is 3.44. The van der Waals surface area contributed by atoms with E-state index in [1.165, 1.54) is 0 Å². The molecule has 0 saturated carbocycles. The Balaban J connectivity index is 2.68. The number of nitrogens with two attached hydrogens (primary N) is 1. The van der Waals surface area contributed by atoms with E-state index >= 15 is 0 Å². The quantitative estimate of drug-likeness (QED) is 0.230. The number of hydrogen-bond acceptors (Lipinski definition) is 4. The normalized spacial score (nSPS) is 14.9. The van der Waals surface area contributed by atoms with Crippen LogP contribution in [0, 0.1) is 5.92 Å². The Labute approximate surface area is 126 Å². The Morgan fingerprint density at radius 1 is 1.29 bits per heavy atom. The Hall–Kier alpha value is -1.59. The SMILES string of the molecule is CCCC(CCO)CNC(C/C(N)=N/O)c1ccccc1. The third kappa shape index (κ3) is 6.60. The highest BCUT2D eigenvalue weighted by molar-refractivity contribution is 5.80. The lowest BCUT2D eigenvalue weighted by molar-refractivity contribution is 0.245. The van der Waals surface area contributed by atoms with E-state index < -0.39 is 0 Å². The van der Waals surface area contributed by atoms with Gasteiger partial charge in [0.15, 0.2) is 0 Å². The van der Waals surface area contributed by atoms with E-state index in [1.807, 2.05) is 30.3 Å². The van der Waals surface area contributed by atoms with Crippen LogP contribution in [0.15, 0.2) is 35.5 Å². The zero-order chi connectivity index (χ0) is 15.5. The highest BCUT2D eigenvalue weighted by atomic mass is 16.4. The highest BCUT2D eigenvalue weighted by Crippen LogP contribution is 2.18. The van der Waals surface area contributed by atoms with E-state index in [4.69, 9.17) is 16.0 Å². The lowest BCUT2D eigenvalue weighted by Crippen LogP contribution is -2.31. The first-order chi connectivity index (χ1) is 10.2. The lowest BCUT2D eigenvalue weighted by Gasteiger charge is -2.22. The van der Waals surface area contributed by atoms with Crippen molar-refractivity contribution < 1.29 is 10.3 Å². The van der Waals surface area contributed by atoms with Gasteiger partial charge in [-0.05, 0) is 30.9 Å². The molecular formula is C16H27N3O2. The van der Waals surface area contributed by atoms with Gasteiger partial charge >= 0.3 is 0 Å². The minimum atomic E-state index is 0.0140. The van der Waals surface area contributed by atoms with Gasteiger partial charge in [-0.3, -0.25) is 0 Å². The fourth-order valence-corrected chi connectivity index (χ4v) is 2.49. The monoisotopic (exact) mass is 293 g/mol. The molecule has 1 rings (SSSR count). The van der Waals surface area contributed by atoms with Crippen LogP contribution in [-0.4, -0.2) is 29.3 Å². The summed E-state index contributed by atoms with van der Waals surface area (Å²) in [5.41, 5.74) is 6.77. The summed E-state index contributed by atoms with van der Waals surface area (Å²) in [4.78, 5) is 0. The molecule has 21 heavy (non-hydrogen) atoms. The number of oxime groups is 1. The molecule has 5 heteroatoms. The molecule has 0 aliphatic rings. The molecule has 0 heterocycles. The van der Waals surface area contributed by atoms with Crippen molar-refractivity contribution in [3.8, 4) is 0 Å². The summed E-state index contributed by atoms with van der Waals surface area (Å²) >= 11 is 0. The van der Waals surface area contributed by atoms with Crippen LogP contribution >= 0.6 is 0 Å². The Bertz CT molecular complexity index is 403. The molecule has 2 unspecified atom stereocenters. The molecule has 0 amide bonds. The minimum absolute atomic E-state index is 0.0140. The predicted octanol–water partition coefficient (Wildman–Crippen LogP) is 2.25. The van der Waals surface area contributed by atoms with Crippen LogP contribution in [0.5, 0.6) is 0 Å². The maximum atomic E-state index is 9.13. The summed E-state index contributed by atoms with van der Waals surface area (Å²) in [6.45, 7) is 3.17. The van der Waals surface area contributed by atoms with E-state index in [0.717, 1.165) is 31.4 Å². The molecule has 0 aromatic heterocycles. The van der Waals surface area contributed by atoms with Gasteiger partial charge < -0.3 is 21.4 Å². The molecule has 0 saturated heterocycles. The van der Waals surface area contributed by atoms with Gasteiger partial charge in [0.2, 0.25) is 0 Å². The largest absolute Gasteiger partial charge is 0.409 e. The molecule has 118 valence electrons. The lowest BCUT2D eigenvalue weighted by atomic mass is 9.98. The van der Waals surface area contributed by atoms with Crippen LogP contribution in [0.25, 0.3) is 0 Å². The molecule has 0 bridgehead atoms. The number of hydrogen-bond donors (Lipinski definition) is 4. The second-order valence-electron chi connectivity index (χ2n) is 5.33. The van der Waals surface area contributed by atoms with Gasteiger partial charge in [-0.1, -0.05) is 48.8 Å². The van der Waals surface area contributed by atoms with Crippen molar-refractivity contribution >= 4 is 5.84 Å². The first kappa shape index (κ1) is 17.5. The first-order valence-electron chi connectivity index (χ1n) is 7.56. The highest BCUT2D eigenvalue weighted by Gasteiger charge is 2.15. The number of amidine groups is 1. The van der Waals surface area contributed by atoms with Gasteiger partial charge in [-0.25, -0.2) is 0 Å². The molecule has 5 N–H and O–H groups in total. The molecular weight excluding hydrogens is 266 g/mol. The molecule has 1 aromatic rings. The van der Waals surface area contributed by atoms with Crippen molar-refractivity contribution in [1.29, 1.82) is 0 Å². The van der Waals surface area contributed by atoms with E-state index in [1.54, 1.807) is 0 Å². The van der Waals surface area contributed by atoms with Gasteiger partial charge in [0.25, 0.3) is 0 Å². The van der Waals surface area contributed by atoms with Crippen LogP contribution in [0.2, 0.25) is 0 Å². The van der Waals surface area contributed by atoms with Crippen LogP contribution in [-0.2, 0) is 0 Å². The number of benzene rings is 1. The topological polar surface area (TPSA) is 90.9 Å². The van der Waals surface area contributed by atoms with E-state index in [0.29, 0.717) is 12.3 Å². The molecule has 0 fully saturated rings. The van der Waals surface area contributed by atoms with Gasteiger partial charge in [0.05, 0.1) is 0 Å². The maximum absolute atomic E-state index is 9.13. The van der Waals surface area contributed by atoms with E-state index in [9.17, 15) is 0 Å². The Kier molecular flexibility index (Phi) is 8.47. The van der Waals surface area contributed by atoms with Crippen molar-refractivity contribution in [2.24, 2.45) is 16.8 Å². The first-order valence-corrected chi connectivity index (χ1v) is 7.56. The maximum Gasteiger partial charge on any atom is 0.141 e. The van der Waals surface area contributed by atoms with Crippen molar-refractivity contribution in [1.82, 2.24) is 5.32 Å². The number of aliphatic hydroxyl groups excluding tert-OH is 1. The standard InChI is InChI=1S/C16H27N3O2/c1-2-6-13(9-10-20)12-18-15(11-16(17)19-21)14-7-4-3-5-8-14/h3-5,7-8,13,15,18,20-21H,2,6,9-12H2,1H3,(H2,17,19). The van der Waals surface area contributed by atoms with E-state index in [-0.39, 0.29) is 18.5 Å². The molecule has 2 atom stereocenters. The second-order valence-corrected chi connectivity index (χ2v) is 5.33. The van der Waals surface area contributed by atoms with Crippen molar-refractivity contribution in [3.63, 3.8) is 0 Å². The Morgan fingerprint density at radius 3 is 2.57 bits per heavy atom. The van der Waals surface area contributed by atoms with Crippen LogP contribution < -0.4 is 11.1 Å². The molecule has 0 spiro atoms. The average Bonchev–Trinajstić information content (AvgIpc) is 2.52. The molecule has 0 radical (unpaired) electrons. The fourth-order valence-electron chi connectivity index (χ4n) is 2.49. The predicted molar refractivity (Wildman–Crippen MR) is 85.3 cm³/mol. The van der Waals surface area contributed by atoms with Crippen molar-refractivity contribution in [2.45, 2.75) is 38.6 Å². The van der Waals surface area contributed by atoms with Gasteiger partial charge in [-0.15, -0.1) is 0 Å². The number of nitrogens with one attached hydrogen (secondary N) is 1. The van der Waals surface area contributed by atoms with E-state index in [2.05, 4.69) is 17.4 Å². The van der Waals surface area contributed by atoms with Crippen LogP contribution in [0.3, 0.4) is 0 Å². The summed E-state index contributed by atoms with van der Waals surface area (Å²) in [5, 5.41) is 24.5. The number of rotatable bonds is 10. The third-order valence-corrected chi connectivity index (χ3v) is 3.63. The number of aliphatic hydroxyl groups is 1. The van der Waals surface area contributed by atoms with Gasteiger partial charge in [0.1, 0.15) is 5.84 Å². The third-order valence-electron chi connectivity index (χ3n) is 3.63. The van der Waals surface area contributed by atoms with Crippen molar-refractivity contribution in [3.05, 3.63) is 35.9 Å². The van der Waals surface area contributed by atoms with Gasteiger partial charge in [-0.2, -0.15) is 0 Å². The average molecular weight is 293 g/mol. The molecule has 0 aliphatic carbocycles. The molecule has 0 aliphatic heterocycles. The minimum Gasteiger partial charge on any atom is -0.409 e. The Morgan fingerprint density at radius 2 is 2.00 bits per heavy atom. The smallest absolute Gasteiger partial charge is 0.141 e. The summed E-state index contributed by atoms with van der Waals surface area (Å²) < 4.78 is 0. The zero-order valence-corrected chi connectivity index (χ0v) is 12.7. The summed E-state index contributed by atoms with van der Waals surface area (Å²) in [5.74, 6) is 0.657. The second kappa shape index (κ2) is 10.2. The zero-order valence-electron chi connectivity index (χ0n) is 12.7.